The number of rotatable bonds is 6. The molecule has 1 fully saturated rings. The first-order valence-corrected chi connectivity index (χ1v) is 7.57. The van der Waals surface area contributed by atoms with E-state index in [2.05, 4.69) is 0 Å². The minimum Gasteiger partial charge on any atom is -0.479 e. The number of aryl methyl sites for hydroxylation is 1. The molecule has 120 valence electrons. The second-order valence-electron chi connectivity index (χ2n) is 6.23. The first-order chi connectivity index (χ1) is 10.3. The number of hydrogen-bond acceptors (Lipinski definition) is 3. The molecule has 1 aliphatic rings. The Bertz CT molecular complexity index is 555. The largest absolute Gasteiger partial charge is 0.479 e. The molecule has 0 atom stereocenters. The number of ether oxygens (including phenoxy) is 1. The van der Waals surface area contributed by atoms with Gasteiger partial charge in [0.25, 0.3) is 0 Å². The second-order valence-corrected chi connectivity index (χ2v) is 6.57. The Hall–Kier alpha value is -1.75. The van der Waals surface area contributed by atoms with Crippen molar-refractivity contribution in [2.24, 2.45) is 0 Å². The van der Waals surface area contributed by atoms with Crippen molar-refractivity contribution in [1.29, 1.82) is 0 Å². The summed E-state index contributed by atoms with van der Waals surface area (Å²) in [5, 5.41) is 9.14. The van der Waals surface area contributed by atoms with Gasteiger partial charge in [-0.15, -0.1) is 0 Å². The maximum Gasteiger partial charge on any atom is 0.426 e. The molecular weight excluding hydrogens is 306 g/mol. The van der Waals surface area contributed by atoms with Crippen molar-refractivity contribution >= 4 is 23.8 Å². The average molecular weight is 326 g/mol. The Labute approximate surface area is 134 Å². The maximum atomic E-state index is 12.1. The summed E-state index contributed by atoms with van der Waals surface area (Å²) in [4.78, 5) is 23.2. The van der Waals surface area contributed by atoms with Crippen LogP contribution >= 0.6 is 11.8 Å². The van der Waals surface area contributed by atoms with Gasteiger partial charge in [0.1, 0.15) is 5.60 Å². The fraction of sp³-hybridized carbons (Fsp3) is 0.500. The zero-order valence-corrected chi connectivity index (χ0v) is 13.5. The summed E-state index contributed by atoms with van der Waals surface area (Å²) in [5.74, 6) is -1.10. The van der Waals surface area contributed by atoms with E-state index in [4.69, 9.17) is 21.6 Å². The number of carbonyl (C=O) groups is 2. The van der Waals surface area contributed by atoms with Crippen LogP contribution in [0.1, 0.15) is 38.7 Å². The molecule has 0 bridgehead atoms. The average Bonchev–Trinajstić information content (AvgIpc) is 3.27. The molecule has 1 amide bonds. The van der Waals surface area contributed by atoms with Crippen LogP contribution in [0.4, 0.5) is 4.79 Å². The number of carboxylic acid groups (broad SMARTS) is 1. The van der Waals surface area contributed by atoms with Crippen molar-refractivity contribution in [2.45, 2.75) is 50.7 Å². The van der Waals surface area contributed by atoms with Gasteiger partial charge in [0.2, 0.25) is 0 Å². The Kier molecular flexibility index (Phi) is 4.66. The fourth-order valence-corrected chi connectivity index (χ4v) is 2.48. The summed E-state index contributed by atoms with van der Waals surface area (Å²) in [6.07, 6.45) is 1.28. The van der Waals surface area contributed by atoms with Gasteiger partial charge in [0.05, 0.1) is 0 Å². The van der Waals surface area contributed by atoms with Crippen molar-refractivity contribution in [1.82, 2.24) is 4.42 Å². The third-order valence-corrected chi connectivity index (χ3v) is 4.34. The highest BCUT2D eigenvalue weighted by Crippen LogP contribution is 2.44. The SMILES string of the molecule is CC(C)(CCc1ccccc1)OC(=O)N(Cl)C1(C(=O)O)CC1. The van der Waals surface area contributed by atoms with E-state index in [1.54, 1.807) is 13.8 Å². The van der Waals surface area contributed by atoms with Crippen LogP contribution < -0.4 is 0 Å². The van der Waals surface area contributed by atoms with E-state index < -0.39 is 23.2 Å². The number of benzene rings is 1. The lowest BCUT2D eigenvalue weighted by atomic mass is 9.98. The molecule has 0 aromatic heterocycles. The van der Waals surface area contributed by atoms with Gasteiger partial charge in [-0.3, -0.25) is 0 Å². The van der Waals surface area contributed by atoms with Crippen molar-refractivity contribution in [3.05, 3.63) is 35.9 Å². The van der Waals surface area contributed by atoms with Crippen LogP contribution in [0.3, 0.4) is 0 Å². The predicted octanol–water partition coefficient (Wildman–Crippen LogP) is 3.61. The molecule has 2 rings (SSSR count). The van der Waals surface area contributed by atoms with E-state index in [1.807, 2.05) is 30.3 Å². The number of amides is 1. The van der Waals surface area contributed by atoms with Crippen molar-refractivity contribution in [2.75, 3.05) is 0 Å². The van der Waals surface area contributed by atoms with Crippen molar-refractivity contribution in [3.8, 4) is 0 Å². The number of halogens is 1. The number of carbonyl (C=O) groups excluding carboxylic acids is 1. The van der Waals surface area contributed by atoms with Crippen LogP contribution in [0.25, 0.3) is 0 Å². The predicted molar refractivity (Wildman–Crippen MR) is 82.6 cm³/mol. The smallest absolute Gasteiger partial charge is 0.426 e. The summed E-state index contributed by atoms with van der Waals surface area (Å²) < 4.78 is 6.08. The normalized spacial score (nSPS) is 16.0. The highest BCUT2D eigenvalue weighted by atomic mass is 35.5. The monoisotopic (exact) mass is 325 g/mol. The zero-order valence-electron chi connectivity index (χ0n) is 12.7. The van der Waals surface area contributed by atoms with Crippen molar-refractivity contribution in [3.63, 3.8) is 0 Å². The molecule has 22 heavy (non-hydrogen) atoms. The number of carboxylic acids is 1. The van der Waals surface area contributed by atoms with Gasteiger partial charge in [-0.25, -0.2) is 14.0 Å². The standard InChI is InChI=1S/C16H20ClNO4/c1-15(2,9-8-12-6-4-3-5-7-12)22-14(21)18(17)16(10-11-16)13(19)20/h3-7H,8-11H2,1-2H3,(H,19,20). The molecule has 0 saturated heterocycles. The van der Waals surface area contributed by atoms with Gasteiger partial charge in [-0.05, 0) is 45.1 Å². The molecule has 0 heterocycles. The lowest BCUT2D eigenvalue weighted by Gasteiger charge is -2.29. The molecule has 0 spiro atoms. The molecule has 1 saturated carbocycles. The van der Waals surface area contributed by atoms with Crippen molar-refractivity contribution < 1.29 is 19.4 Å². The summed E-state index contributed by atoms with van der Waals surface area (Å²) >= 11 is 5.88. The first-order valence-electron chi connectivity index (χ1n) is 7.23. The third-order valence-electron chi connectivity index (χ3n) is 3.88. The Morgan fingerprint density at radius 1 is 1.32 bits per heavy atom. The molecule has 1 aromatic rings. The van der Waals surface area contributed by atoms with Gasteiger partial charge in [0.15, 0.2) is 5.54 Å². The topological polar surface area (TPSA) is 66.8 Å². The van der Waals surface area contributed by atoms with E-state index in [0.717, 1.165) is 12.0 Å². The van der Waals surface area contributed by atoms with Crippen LogP contribution in [0.5, 0.6) is 0 Å². The molecule has 0 radical (unpaired) electrons. The number of nitrogens with zero attached hydrogens (tertiary/aromatic N) is 1. The third kappa shape index (κ3) is 3.71. The van der Waals surface area contributed by atoms with Gasteiger partial charge < -0.3 is 9.84 Å². The minimum absolute atomic E-state index is 0.353. The maximum absolute atomic E-state index is 12.1. The lowest BCUT2D eigenvalue weighted by molar-refractivity contribution is -0.143. The Morgan fingerprint density at radius 2 is 1.91 bits per heavy atom. The molecule has 1 N–H and O–H groups in total. The number of hydrogen-bond donors (Lipinski definition) is 1. The molecule has 6 heteroatoms. The van der Waals surface area contributed by atoms with E-state index in [1.165, 1.54) is 0 Å². The summed E-state index contributed by atoms with van der Waals surface area (Å²) in [5.41, 5.74) is -0.874. The summed E-state index contributed by atoms with van der Waals surface area (Å²) in [6, 6.07) is 9.88. The number of aliphatic carboxylic acids is 1. The van der Waals surface area contributed by atoms with E-state index in [9.17, 15) is 9.59 Å². The summed E-state index contributed by atoms with van der Waals surface area (Å²) in [6.45, 7) is 3.58. The highest BCUT2D eigenvalue weighted by Gasteiger charge is 2.58. The lowest BCUT2D eigenvalue weighted by Crippen LogP contribution is -2.44. The van der Waals surface area contributed by atoms with Crippen LogP contribution in [0.2, 0.25) is 0 Å². The van der Waals surface area contributed by atoms with Crippen LogP contribution in [0, 0.1) is 0 Å². The molecule has 1 aromatic carbocycles. The van der Waals surface area contributed by atoms with Gasteiger partial charge in [-0.2, -0.15) is 0 Å². The quantitative estimate of drug-likeness (QED) is 0.811. The first kappa shape index (κ1) is 16.6. The van der Waals surface area contributed by atoms with Crippen LogP contribution in [-0.2, 0) is 16.0 Å². The molecular formula is C16H20ClNO4. The van der Waals surface area contributed by atoms with Crippen LogP contribution in [-0.4, -0.2) is 32.7 Å². The van der Waals surface area contributed by atoms with E-state index in [-0.39, 0.29) is 0 Å². The fourth-order valence-electron chi connectivity index (χ4n) is 2.20. The van der Waals surface area contributed by atoms with Crippen LogP contribution in [0.15, 0.2) is 30.3 Å². The highest BCUT2D eigenvalue weighted by molar-refractivity contribution is 6.23. The van der Waals surface area contributed by atoms with Gasteiger partial charge >= 0.3 is 12.1 Å². The minimum atomic E-state index is -1.30. The molecule has 0 aliphatic heterocycles. The molecule has 5 nitrogen and oxygen atoms in total. The zero-order chi connectivity index (χ0) is 16.4. The molecule has 1 aliphatic carbocycles. The summed E-state index contributed by atoms with van der Waals surface area (Å²) in [7, 11) is 0. The van der Waals surface area contributed by atoms with Gasteiger partial charge in [0, 0.05) is 11.8 Å². The van der Waals surface area contributed by atoms with E-state index >= 15 is 0 Å². The Morgan fingerprint density at radius 3 is 2.41 bits per heavy atom. The molecule has 0 unspecified atom stereocenters. The Balaban J connectivity index is 1.91. The second kappa shape index (κ2) is 6.16. The van der Waals surface area contributed by atoms with Gasteiger partial charge in [-0.1, -0.05) is 30.3 Å². The van der Waals surface area contributed by atoms with E-state index in [0.29, 0.717) is 23.7 Å².